The van der Waals surface area contributed by atoms with Gasteiger partial charge in [-0.1, -0.05) is 23.8 Å². The summed E-state index contributed by atoms with van der Waals surface area (Å²) in [7, 11) is 0. The standard InChI is InChI=1S/C13H13NOS/c1-9-3-4-11(10(2)5-9)6-13-14-7-12(8-15)16-13/h3-5,7-8H,6H2,1-2H3. The van der Waals surface area contributed by atoms with Gasteiger partial charge < -0.3 is 0 Å². The van der Waals surface area contributed by atoms with Crippen LogP contribution in [-0.2, 0) is 6.42 Å². The highest BCUT2D eigenvalue weighted by molar-refractivity contribution is 7.13. The lowest BCUT2D eigenvalue weighted by atomic mass is 10.0. The van der Waals surface area contributed by atoms with Gasteiger partial charge in [-0.25, -0.2) is 4.98 Å². The van der Waals surface area contributed by atoms with Crippen LogP contribution in [0.15, 0.2) is 24.4 Å². The van der Waals surface area contributed by atoms with Crippen LogP contribution in [0.2, 0.25) is 0 Å². The first-order valence-electron chi connectivity index (χ1n) is 5.15. The van der Waals surface area contributed by atoms with Gasteiger partial charge in [0.05, 0.1) is 9.88 Å². The third-order valence-electron chi connectivity index (χ3n) is 2.53. The molecule has 0 N–H and O–H groups in total. The largest absolute Gasteiger partial charge is 0.297 e. The van der Waals surface area contributed by atoms with Crippen molar-refractivity contribution < 1.29 is 4.79 Å². The summed E-state index contributed by atoms with van der Waals surface area (Å²) in [4.78, 5) is 15.5. The van der Waals surface area contributed by atoms with E-state index in [0.29, 0.717) is 4.88 Å². The van der Waals surface area contributed by atoms with Crippen molar-refractivity contribution in [2.24, 2.45) is 0 Å². The molecule has 2 aromatic rings. The topological polar surface area (TPSA) is 30.0 Å². The zero-order chi connectivity index (χ0) is 11.5. The Morgan fingerprint density at radius 1 is 1.38 bits per heavy atom. The number of carbonyl (C=O) groups excluding carboxylic acids is 1. The lowest BCUT2D eigenvalue weighted by Crippen LogP contribution is -1.91. The predicted octanol–water partition coefficient (Wildman–Crippen LogP) is 3.16. The Bertz CT molecular complexity index is 516. The summed E-state index contributed by atoms with van der Waals surface area (Å²) >= 11 is 1.46. The van der Waals surface area contributed by atoms with Crippen LogP contribution < -0.4 is 0 Å². The maximum atomic E-state index is 10.6. The number of rotatable bonds is 3. The van der Waals surface area contributed by atoms with E-state index in [0.717, 1.165) is 17.7 Å². The van der Waals surface area contributed by atoms with Crippen LogP contribution in [0.25, 0.3) is 0 Å². The zero-order valence-electron chi connectivity index (χ0n) is 9.36. The SMILES string of the molecule is Cc1ccc(Cc2ncc(C=O)s2)c(C)c1. The van der Waals surface area contributed by atoms with Crippen LogP contribution in [0, 0.1) is 13.8 Å². The van der Waals surface area contributed by atoms with Crippen molar-refractivity contribution >= 4 is 17.6 Å². The maximum absolute atomic E-state index is 10.6. The summed E-state index contributed by atoms with van der Waals surface area (Å²) in [6.45, 7) is 4.20. The van der Waals surface area contributed by atoms with Crippen LogP contribution in [0.5, 0.6) is 0 Å². The molecule has 0 aliphatic rings. The smallest absolute Gasteiger partial charge is 0.161 e. The number of benzene rings is 1. The van der Waals surface area contributed by atoms with Gasteiger partial charge in [0.15, 0.2) is 6.29 Å². The molecule has 0 radical (unpaired) electrons. The van der Waals surface area contributed by atoms with Gasteiger partial charge in [-0.05, 0) is 25.0 Å². The number of nitrogens with zero attached hydrogens (tertiary/aromatic N) is 1. The van der Waals surface area contributed by atoms with Gasteiger partial charge in [-0.3, -0.25) is 4.79 Å². The van der Waals surface area contributed by atoms with Crippen molar-refractivity contribution in [3.8, 4) is 0 Å². The lowest BCUT2D eigenvalue weighted by Gasteiger charge is -2.04. The molecule has 0 saturated carbocycles. The summed E-state index contributed by atoms with van der Waals surface area (Å²) in [6, 6.07) is 6.41. The second-order valence-electron chi connectivity index (χ2n) is 3.88. The number of hydrogen-bond donors (Lipinski definition) is 0. The normalized spacial score (nSPS) is 10.4. The van der Waals surface area contributed by atoms with Gasteiger partial charge in [0.25, 0.3) is 0 Å². The van der Waals surface area contributed by atoms with Crippen LogP contribution in [-0.4, -0.2) is 11.3 Å². The number of aldehydes is 1. The third-order valence-corrected chi connectivity index (χ3v) is 3.45. The Labute approximate surface area is 99.0 Å². The van der Waals surface area contributed by atoms with E-state index in [1.54, 1.807) is 6.20 Å². The minimum absolute atomic E-state index is 0.694. The van der Waals surface area contributed by atoms with E-state index in [2.05, 4.69) is 37.0 Å². The second kappa shape index (κ2) is 4.58. The molecule has 0 saturated heterocycles. The molecule has 2 nitrogen and oxygen atoms in total. The van der Waals surface area contributed by atoms with E-state index >= 15 is 0 Å². The van der Waals surface area contributed by atoms with Crippen LogP contribution in [0.4, 0.5) is 0 Å². The average molecular weight is 231 g/mol. The Kier molecular flexibility index (Phi) is 3.15. The number of aromatic nitrogens is 1. The van der Waals surface area contributed by atoms with Crippen molar-refractivity contribution in [2.45, 2.75) is 20.3 Å². The van der Waals surface area contributed by atoms with Crippen molar-refractivity contribution in [3.63, 3.8) is 0 Å². The highest BCUT2D eigenvalue weighted by Crippen LogP contribution is 2.18. The molecule has 0 unspecified atom stereocenters. The van der Waals surface area contributed by atoms with E-state index in [9.17, 15) is 4.79 Å². The highest BCUT2D eigenvalue weighted by atomic mass is 32.1. The Hall–Kier alpha value is -1.48. The van der Waals surface area contributed by atoms with E-state index in [1.807, 2.05) is 0 Å². The molecule has 82 valence electrons. The Morgan fingerprint density at radius 2 is 2.19 bits per heavy atom. The average Bonchev–Trinajstić information content (AvgIpc) is 2.70. The predicted molar refractivity (Wildman–Crippen MR) is 66.2 cm³/mol. The monoisotopic (exact) mass is 231 g/mol. The van der Waals surface area contributed by atoms with Gasteiger partial charge in [-0.2, -0.15) is 0 Å². The van der Waals surface area contributed by atoms with E-state index < -0.39 is 0 Å². The van der Waals surface area contributed by atoms with Gasteiger partial charge >= 0.3 is 0 Å². The van der Waals surface area contributed by atoms with E-state index in [4.69, 9.17) is 0 Å². The molecular formula is C13H13NOS. The number of thiazole rings is 1. The maximum Gasteiger partial charge on any atom is 0.161 e. The van der Waals surface area contributed by atoms with Crippen molar-refractivity contribution in [1.29, 1.82) is 0 Å². The summed E-state index contributed by atoms with van der Waals surface area (Å²) in [5.74, 6) is 0. The first kappa shape index (κ1) is 11.0. The zero-order valence-corrected chi connectivity index (χ0v) is 10.2. The molecule has 16 heavy (non-hydrogen) atoms. The van der Waals surface area contributed by atoms with Gasteiger partial charge in [-0.15, -0.1) is 11.3 Å². The van der Waals surface area contributed by atoms with Crippen LogP contribution in [0.3, 0.4) is 0 Å². The quantitative estimate of drug-likeness (QED) is 0.759. The second-order valence-corrected chi connectivity index (χ2v) is 5.03. The molecule has 0 fully saturated rings. The molecule has 3 heteroatoms. The number of carbonyl (C=O) groups is 1. The first-order valence-corrected chi connectivity index (χ1v) is 5.96. The molecule has 0 aliphatic carbocycles. The van der Waals surface area contributed by atoms with Gasteiger partial charge in [0.1, 0.15) is 0 Å². The molecule has 1 heterocycles. The molecule has 0 spiro atoms. The fraction of sp³-hybridized carbons (Fsp3) is 0.231. The molecule has 0 atom stereocenters. The fourth-order valence-electron chi connectivity index (χ4n) is 1.67. The minimum Gasteiger partial charge on any atom is -0.297 e. The van der Waals surface area contributed by atoms with E-state index in [1.165, 1.54) is 28.0 Å². The fourth-order valence-corrected chi connectivity index (χ4v) is 2.43. The summed E-state index contributed by atoms with van der Waals surface area (Å²) in [5, 5.41) is 0.994. The van der Waals surface area contributed by atoms with Crippen LogP contribution in [0.1, 0.15) is 31.4 Å². The number of hydrogen-bond acceptors (Lipinski definition) is 3. The molecule has 0 bridgehead atoms. The summed E-state index contributed by atoms with van der Waals surface area (Å²) < 4.78 is 0. The lowest BCUT2D eigenvalue weighted by molar-refractivity contribution is 0.112. The van der Waals surface area contributed by atoms with Crippen molar-refractivity contribution in [2.75, 3.05) is 0 Å². The van der Waals surface area contributed by atoms with Crippen molar-refractivity contribution in [3.05, 3.63) is 51.0 Å². The molecule has 2 rings (SSSR count). The molecule has 1 aromatic heterocycles. The van der Waals surface area contributed by atoms with Gasteiger partial charge in [0, 0.05) is 12.6 Å². The molecule has 0 amide bonds. The number of aryl methyl sites for hydroxylation is 2. The van der Waals surface area contributed by atoms with Crippen LogP contribution >= 0.6 is 11.3 Å². The van der Waals surface area contributed by atoms with Crippen molar-refractivity contribution in [1.82, 2.24) is 4.98 Å². The van der Waals surface area contributed by atoms with E-state index in [-0.39, 0.29) is 0 Å². The minimum atomic E-state index is 0.694. The molecule has 0 aliphatic heterocycles. The first-order chi connectivity index (χ1) is 7.69. The summed E-state index contributed by atoms with van der Waals surface area (Å²) in [5.41, 5.74) is 3.83. The molecular weight excluding hydrogens is 218 g/mol. The highest BCUT2D eigenvalue weighted by Gasteiger charge is 2.04. The molecule has 1 aromatic carbocycles. The van der Waals surface area contributed by atoms with Gasteiger partial charge in [0.2, 0.25) is 0 Å². The Balaban J connectivity index is 2.23. The Morgan fingerprint density at radius 3 is 2.81 bits per heavy atom. The summed E-state index contributed by atoms with van der Waals surface area (Å²) in [6.07, 6.45) is 3.30. The third kappa shape index (κ3) is 2.36.